The van der Waals surface area contributed by atoms with Gasteiger partial charge < -0.3 is 20.2 Å². The Kier molecular flexibility index (Phi) is 9.58. The first-order valence-corrected chi connectivity index (χ1v) is 19.9. The second kappa shape index (κ2) is 13.9. The lowest BCUT2D eigenvalue weighted by Crippen LogP contribution is -2.55. The summed E-state index contributed by atoms with van der Waals surface area (Å²) in [6.07, 6.45) is 6.70. The van der Waals surface area contributed by atoms with E-state index in [4.69, 9.17) is 9.57 Å². The zero-order valence-electron chi connectivity index (χ0n) is 30.2. The topological polar surface area (TPSA) is 169 Å². The number of fused-ring (bicyclic) bond motifs is 6. The van der Waals surface area contributed by atoms with E-state index >= 15 is 0 Å². The molecule has 6 atom stereocenters. The van der Waals surface area contributed by atoms with Gasteiger partial charge in [0.05, 0.1) is 23.8 Å². The lowest BCUT2D eigenvalue weighted by atomic mass is 9.77. The van der Waals surface area contributed by atoms with Gasteiger partial charge in [0.1, 0.15) is 17.4 Å². The van der Waals surface area contributed by atoms with E-state index in [1.165, 1.54) is 6.08 Å². The highest BCUT2D eigenvalue weighted by Crippen LogP contribution is 2.47. The Hall–Kier alpha value is -4.78. The minimum Gasteiger partial charge on any atom is -0.450 e. The van der Waals surface area contributed by atoms with E-state index in [-0.39, 0.29) is 31.7 Å². The molecule has 13 heteroatoms. The van der Waals surface area contributed by atoms with Crippen LogP contribution in [0.4, 0.5) is 4.79 Å². The minimum atomic E-state index is -3.88. The van der Waals surface area contributed by atoms with Crippen LogP contribution in [-0.4, -0.2) is 67.4 Å². The average molecular weight is 743 g/mol. The fraction of sp³-hybridized carbons (Fsp3) is 0.475. The zero-order valence-corrected chi connectivity index (χ0v) is 31.0. The van der Waals surface area contributed by atoms with Crippen molar-refractivity contribution in [2.24, 2.45) is 28.3 Å². The van der Waals surface area contributed by atoms with Crippen molar-refractivity contribution in [1.82, 2.24) is 15.4 Å². The molecule has 4 aliphatic carbocycles. The summed E-state index contributed by atoms with van der Waals surface area (Å²) >= 11 is 0. The Bertz CT molecular complexity index is 2030. The number of carbonyl (C=O) groups is 4. The molecule has 3 saturated carbocycles. The van der Waals surface area contributed by atoms with Crippen molar-refractivity contribution in [1.29, 1.82) is 0 Å². The molecule has 0 aromatic heterocycles. The van der Waals surface area contributed by atoms with Crippen molar-refractivity contribution >= 4 is 45.5 Å². The molecule has 3 amide bonds. The summed E-state index contributed by atoms with van der Waals surface area (Å²) in [4.78, 5) is 61.6. The number of benzene rings is 2. The second-order valence-corrected chi connectivity index (χ2v) is 17.9. The van der Waals surface area contributed by atoms with Crippen LogP contribution in [0.1, 0.15) is 82.4 Å². The first kappa shape index (κ1) is 36.6. The summed E-state index contributed by atoms with van der Waals surface area (Å²) in [5.41, 5.74) is 3.18. The molecule has 1 aliphatic heterocycles. The van der Waals surface area contributed by atoms with Gasteiger partial charge in [0.2, 0.25) is 15.9 Å². The van der Waals surface area contributed by atoms with Crippen molar-refractivity contribution in [2.75, 3.05) is 6.61 Å². The highest BCUT2D eigenvalue weighted by molar-refractivity contribution is 7.91. The van der Waals surface area contributed by atoms with Crippen LogP contribution < -0.4 is 15.4 Å². The molecule has 7 rings (SSSR count). The summed E-state index contributed by atoms with van der Waals surface area (Å²) in [5.74, 6) is -4.18. The number of Topliss-reactive ketones (excluding diaryl/α,β-unsaturated/α-hetero) is 1. The van der Waals surface area contributed by atoms with E-state index < -0.39 is 74.0 Å². The van der Waals surface area contributed by atoms with E-state index in [1.807, 2.05) is 63.3 Å². The second-order valence-electron chi connectivity index (χ2n) is 15.9. The number of amides is 3. The molecule has 280 valence electrons. The molecule has 12 nitrogen and oxygen atoms in total. The standard InChI is InChI=1S/C40H46N4O8S/c1-5-24-22-40(24,37(47)44-53(49,50)26-15-16-26)42-36(46)32-21-25-20-31(32)34(45)35(39(2,3)4)41-38(48)51-18-10-6-7-11-23-14-17-28-27-12-8-9-13-29(27)33(43-52-25)30(28)19-23/h5,7-9,11-14,17,19,24-26,31-32,35H,1,6,10,15-16,18,20-22H2,2-4H3,(H,41,48)(H,42,46)(H,44,47)/b11-7+,43-33+/t24-,25+,31?,32-,35-,40-/m1/s1. The quantitative estimate of drug-likeness (QED) is 0.296. The number of allylic oxidation sites excluding steroid dienone is 1. The molecule has 1 heterocycles. The van der Waals surface area contributed by atoms with Gasteiger partial charge in [-0.25, -0.2) is 13.2 Å². The number of ether oxygens (including phenoxy) is 1. The van der Waals surface area contributed by atoms with Gasteiger partial charge in [0, 0.05) is 23.0 Å². The highest BCUT2D eigenvalue weighted by atomic mass is 32.2. The fourth-order valence-corrected chi connectivity index (χ4v) is 9.14. The number of alkyl carbamates (subject to hydrolysis) is 1. The zero-order chi connectivity index (χ0) is 37.7. The Morgan fingerprint density at radius 2 is 1.77 bits per heavy atom. The minimum absolute atomic E-state index is 0.0917. The number of hydrogen-bond acceptors (Lipinski definition) is 9. The molecular formula is C40H46N4O8S. The van der Waals surface area contributed by atoms with E-state index in [9.17, 15) is 27.6 Å². The number of hydrogen-bond donors (Lipinski definition) is 3. The Morgan fingerprint density at radius 1 is 1.04 bits per heavy atom. The average Bonchev–Trinajstić information content (AvgIpc) is 4.03. The van der Waals surface area contributed by atoms with Crippen molar-refractivity contribution in [3.8, 4) is 11.1 Å². The molecule has 53 heavy (non-hydrogen) atoms. The lowest BCUT2D eigenvalue weighted by molar-refractivity contribution is -0.137. The number of cyclic esters (lactones) is 1. The predicted molar refractivity (Wildman–Crippen MR) is 199 cm³/mol. The number of sulfonamides is 1. The third-order valence-electron chi connectivity index (χ3n) is 11.0. The van der Waals surface area contributed by atoms with Gasteiger partial charge >= 0.3 is 6.09 Å². The molecule has 4 bridgehead atoms. The number of ketones is 1. The van der Waals surface area contributed by atoms with Gasteiger partial charge in [0.25, 0.3) is 5.91 Å². The molecule has 1 unspecified atom stereocenters. The smallest absolute Gasteiger partial charge is 0.407 e. The van der Waals surface area contributed by atoms with Crippen molar-refractivity contribution in [2.45, 2.75) is 88.7 Å². The fourth-order valence-electron chi connectivity index (χ4n) is 7.77. The Morgan fingerprint density at radius 3 is 2.47 bits per heavy atom. The van der Waals surface area contributed by atoms with Crippen LogP contribution >= 0.6 is 0 Å². The number of oxime groups is 1. The number of rotatable bonds is 6. The number of carbonyl (C=O) groups excluding carboxylic acids is 4. The maximum absolute atomic E-state index is 14.5. The van der Waals surface area contributed by atoms with Crippen molar-refractivity contribution in [3.63, 3.8) is 0 Å². The predicted octanol–water partition coefficient (Wildman–Crippen LogP) is 5.02. The van der Waals surface area contributed by atoms with Gasteiger partial charge in [-0.15, -0.1) is 6.58 Å². The van der Waals surface area contributed by atoms with E-state index in [0.717, 1.165) is 27.8 Å². The molecule has 0 radical (unpaired) electrons. The highest BCUT2D eigenvalue weighted by Gasteiger charge is 2.62. The number of nitrogens with zero attached hydrogens (tertiary/aromatic N) is 1. The molecule has 2 aromatic carbocycles. The molecule has 3 fully saturated rings. The molecule has 2 aromatic rings. The first-order chi connectivity index (χ1) is 25.2. The largest absolute Gasteiger partial charge is 0.450 e. The van der Waals surface area contributed by atoms with E-state index in [2.05, 4.69) is 39.2 Å². The van der Waals surface area contributed by atoms with Gasteiger partial charge in [-0.3, -0.25) is 19.1 Å². The van der Waals surface area contributed by atoms with Gasteiger partial charge in [-0.05, 0) is 73.1 Å². The van der Waals surface area contributed by atoms with Gasteiger partial charge in [-0.2, -0.15) is 0 Å². The van der Waals surface area contributed by atoms with Crippen molar-refractivity contribution < 1.29 is 37.2 Å². The summed E-state index contributed by atoms with van der Waals surface area (Å²) in [5, 5.41) is 9.66. The molecule has 5 aliphatic rings. The van der Waals surface area contributed by atoms with Gasteiger partial charge in [-0.1, -0.05) is 80.6 Å². The normalized spacial score (nSPS) is 30.0. The molecule has 0 spiro atoms. The van der Waals surface area contributed by atoms with E-state index in [0.29, 0.717) is 31.4 Å². The van der Waals surface area contributed by atoms with E-state index in [1.54, 1.807) is 0 Å². The van der Waals surface area contributed by atoms with Crippen LogP contribution in [0.25, 0.3) is 17.2 Å². The third kappa shape index (κ3) is 7.27. The summed E-state index contributed by atoms with van der Waals surface area (Å²) in [6.45, 7) is 9.40. The maximum Gasteiger partial charge on any atom is 0.407 e. The number of nitrogens with one attached hydrogen (secondary N) is 3. The lowest BCUT2D eigenvalue weighted by Gasteiger charge is -2.33. The molecule has 3 N–H and O–H groups in total. The molecular weight excluding hydrogens is 697 g/mol. The van der Waals surface area contributed by atoms with Crippen molar-refractivity contribution in [3.05, 3.63) is 77.9 Å². The summed E-state index contributed by atoms with van der Waals surface area (Å²) in [7, 11) is -3.88. The van der Waals surface area contributed by atoms with Crippen LogP contribution in [0.2, 0.25) is 0 Å². The monoisotopic (exact) mass is 742 g/mol. The SMILES string of the molecule is C=C[C@@H]1C[C@]1(NC(=O)[C@@H]1C[C@@H]2CC1C(=O)[C@H](C(C)(C)C)NC(=O)OCCC/C=C/c1ccc3c(c1)/C(=N/O2)c1ccccc1-3)C(=O)NS(=O)(=O)C1CC1. The molecule has 0 saturated heterocycles. The first-order valence-electron chi connectivity index (χ1n) is 18.3. The summed E-state index contributed by atoms with van der Waals surface area (Å²) < 4.78 is 33.1. The van der Waals surface area contributed by atoms with Crippen LogP contribution in [0.3, 0.4) is 0 Å². The Labute approximate surface area is 309 Å². The Balaban J connectivity index is 1.22. The summed E-state index contributed by atoms with van der Waals surface area (Å²) in [6, 6.07) is 13.1. The van der Waals surface area contributed by atoms with Crippen LogP contribution in [0.15, 0.2) is 66.4 Å². The maximum atomic E-state index is 14.5. The third-order valence-corrected chi connectivity index (χ3v) is 12.8. The van der Waals surface area contributed by atoms with Gasteiger partial charge in [0.15, 0.2) is 5.78 Å². The van der Waals surface area contributed by atoms with Crippen LogP contribution in [0, 0.1) is 23.2 Å². The van der Waals surface area contributed by atoms with Crippen LogP contribution in [-0.2, 0) is 34.0 Å². The van der Waals surface area contributed by atoms with Crippen LogP contribution in [0.5, 0.6) is 0 Å².